The molecule has 6 heteroatoms. The molecule has 0 spiro atoms. The number of hydrogen-bond donors (Lipinski definition) is 1. The zero-order valence-corrected chi connectivity index (χ0v) is 17.5. The van der Waals surface area contributed by atoms with Gasteiger partial charge in [0.1, 0.15) is 0 Å². The van der Waals surface area contributed by atoms with Gasteiger partial charge in [0.2, 0.25) is 10.0 Å². The molecule has 1 aliphatic heterocycles. The lowest BCUT2D eigenvalue weighted by Gasteiger charge is -2.33. The standard InChI is InChI=1S/C22H30N2O3S/c1-18-10-11-19(2)22(16-18)28(25,26)23-12-6-7-13-24-14-15-27-21(17-24)20-8-4-3-5-9-20/h3-5,8-11,16,21,23H,6-7,12-15,17H2,1-2H3. The Kier molecular flexibility index (Phi) is 7.24. The second kappa shape index (κ2) is 9.65. The Hall–Kier alpha value is -1.73. The highest BCUT2D eigenvalue weighted by Gasteiger charge is 2.21. The Morgan fingerprint density at radius 3 is 2.68 bits per heavy atom. The highest BCUT2D eigenvalue weighted by atomic mass is 32.2. The summed E-state index contributed by atoms with van der Waals surface area (Å²) >= 11 is 0. The first-order chi connectivity index (χ1) is 13.5. The molecule has 0 saturated carbocycles. The fourth-order valence-corrected chi connectivity index (χ4v) is 4.92. The van der Waals surface area contributed by atoms with E-state index in [9.17, 15) is 8.42 Å². The van der Waals surface area contributed by atoms with Crippen LogP contribution in [0.5, 0.6) is 0 Å². The minimum Gasteiger partial charge on any atom is -0.371 e. The Balaban J connectivity index is 1.42. The number of rotatable bonds is 8. The number of benzene rings is 2. The Labute approximate surface area is 168 Å². The number of nitrogens with one attached hydrogen (secondary N) is 1. The molecule has 0 aliphatic carbocycles. The Morgan fingerprint density at radius 2 is 1.89 bits per heavy atom. The molecule has 0 radical (unpaired) electrons. The molecule has 1 heterocycles. The topological polar surface area (TPSA) is 58.6 Å². The molecule has 0 amide bonds. The number of sulfonamides is 1. The minimum absolute atomic E-state index is 0.123. The maximum Gasteiger partial charge on any atom is 0.240 e. The molecule has 3 rings (SSSR count). The number of ether oxygens (including phenoxy) is 1. The SMILES string of the molecule is Cc1ccc(C)c(S(=O)(=O)NCCCCN2CCOC(c3ccccc3)C2)c1. The van der Waals surface area contributed by atoms with Gasteiger partial charge in [-0.1, -0.05) is 42.5 Å². The first-order valence-electron chi connectivity index (χ1n) is 9.91. The van der Waals surface area contributed by atoms with E-state index in [0.717, 1.165) is 50.2 Å². The number of morpholine rings is 1. The zero-order valence-electron chi connectivity index (χ0n) is 16.7. The Morgan fingerprint density at radius 1 is 1.11 bits per heavy atom. The van der Waals surface area contributed by atoms with E-state index >= 15 is 0 Å². The molecule has 2 aromatic rings. The van der Waals surface area contributed by atoms with Gasteiger partial charge in [-0.3, -0.25) is 4.90 Å². The molecular formula is C22H30N2O3S. The van der Waals surface area contributed by atoms with Crippen molar-refractivity contribution < 1.29 is 13.2 Å². The summed E-state index contributed by atoms with van der Waals surface area (Å²) in [5.74, 6) is 0. The highest BCUT2D eigenvalue weighted by Crippen LogP contribution is 2.22. The van der Waals surface area contributed by atoms with Crippen LogP contribution >= 0.6 is 0 Å². The highest BCUT2D eigenvalue weighted by molar-refractivity contribution is 7.89. The summed E-state index contributed by atoms with van der Waals surface area (Å²) in [6.45, 7) is 7.70. The molecular weight excluding hydrogens is 372 g/mol. The molecule has 0 aromatic heterocycles. The molecule has 1 aliphatic rings. The normalized spacial score (nSPS) is 18.3. The lowest BCUT2D eigenvalue weighted by Crippen LogP contribution is -2.39. The van der Waals surface area contributed by atoms with E-state index in [0.29, 0.717) is 11.4 Å². The van der Waals surface area contributed by atoms with Gasteiger partial charge in [-0.05, 0) is 56.0 Å². The third-order valence-electron chi connectivity index (χ3n) is 5.15. The van der Waals surface area contributed by atoms with Crippen molar-refractivity contribution >= 4 is 10.0 Å². The average Bonchev–Trinajstić information content (AvgIpc) is 2.70. The Bertz CT molecular complexity index is 869. The van der Waals surface area contributed by atoms with Crippen molar-refractivity contribution in [3.63, 3.8) is 0 Å². The summed E-state index contributed by atoms with van der Waals surface area (Å²) in [5.41, 5.74) is 2.94. The second-order valence-electron chi connectivity index (χ2n) is 7.44. The van der Waals surface area contributed by atoms with Crippen LogP contribution in [0.1, 0.15) is 35.6 Å². The third kappa shape index (κ3) is 5.64. The maximum absolute atomic E-state index is 12.5. The van der Waals surface area contributed by atoms with E-state index in [1.807, 2.05) is 44.2 Å². The van der Waals surface area contributed by atoms with Gasteiger partial charge in [-0.15, -0.1) is 0 Å². The lowest BCUT2D eigenvalue weighted by atomic mass is 10.1. The monoisotopic (exact) mass is 402 g/mol. The van der Waals surface area contributed by atoms with Crippen LogP contribution in [0.15, 0.2) is 53.4 Å². The quantitative estimate of drug-likeness (QED) is 0.687. The van der Waals surface area contributed by atoms with Crippen molar-refractivity contribution in [2.45, 2.75) is 37.7 Å². The van der Waals surface area contributed by atoms with Gasteiger partial charge in [0.05, 0.1) is 17.6 Å². The molecule has 1 fully saturated rings. The van der Waals surface area contributed by atoms with Crippen LogP contribution in [-0.2, 0) is 14.8 Å². The van der Waals surface area contributed by atoms with Crippen molar-refractivity contribution in [3.05, 3.63) is 65.2 Å². The fraction of sp³-hybridized carbons (Fsp3) is 0.455. The third-order valence-corrected chi connectivity index (χ3v) is 6.75. The average molecular weight is 403 g/mol. The predicted octanol–water partition coefficient (Wildman–Crippen LogP) is 3.44. The van der Waals surface area contributed by atoms with Crippen molar-refractivity contribution in [3.8, 4) is 0 Å². The van der Waals surface area contributed by atoms with Crippen molar-refractivity contribution in [2.24, 2.45) is 0 Å². The smallest absolute Gasteiger partial charge is 0.240 e. The summed E-state index contributed by atoms with van der Waals surface area (Å²) in [6.07, 6.45) is 1.90. The number of aryl methyl sites for hydroxylation is 2. The molecule has 152 valence electrons. The zero-order chi connectivity index (χ0) is 20.0. The molecule has 5 nitrogen and oxygen atoms in total. The van der Waals surface area contributed by atoms with E-state index < -0.39 is 10.0 Å². The summed E-state index contributed by atoms with van der Waals surface area (Å²) in [5, 5.41) is 0. The van der Waals surface area contributed by atoms with Crippen molar-refractivity contribution in [1.29, 1.82) is 0 Å². The predicted molar refractivity (Wildman–Crippen MR) is 112 cm³/mol. The largest absolute Gasteiger partial charge is 0.371 e. The van der Waals surface area contributed by atoms with Gasteiger partial charge >= 0.3 is 0 Å². The van der Waals surface area contributed by atoms with Gasteiger partial charge in [0, 0.05) is 19.6 Å². The van der Waals surface area contributed by atoms with Crippen molar-refractivity contribution in [1.82, 2.24) is 9.62 Å². The lowest BCUT2D eigenvalue weighted by molar-refractivity contribution is -0.0303. The maximum atomic E-state index is 12.5. The molecule has 2 aromatic carbocycles. The summed E-state index contributed by atoms with van der Waals surface area (Å²) in [6, 6.07) is 15.8. The van der Waals surface area contributed by atoms with Crippen LogP contribution in [0.25, 0.3) is 0 Å². The van der Waals surface area contributed by atoms with E-state index in [2.05, 4.69) is 21.8 Å². The number of unbranched alkanes of at least 4 members (excludes halogenated alkanes) is 1. The van der Waals surface area contributed by atoms with Gasteiger partial charge in [-0.25, -0.2) is 13.1 Å². The summed E-state index contributed by atoms with van der Waals surface area (Å²) in [4.78, 5) is 2.78. The summed E-state index contributed by atoms with van der Waals surface area (Å²) < 4.78 is 33.7. The van der Waals surface area contributed by atoms with Gasteiger partial charge in [-0.2, -0.15) is 0 Å². The van der Waals surface area contributed by atoms with Crippen LogP contribution < -0.4 is 4.72 Å². The van der Waals surface area contributed by atoms with Gasteiger partial charge in [0.15, 0.2) is 0 Å². The van der Waals surface area contributed by atoms with E-state index in [1.54, 1.807) is 6.07 Å². The molecule has 1 atom stereocenters. The molecule has 1 N–H and O–H groups in total. The summed E-state index contributed by atoms with van der Waals surface area (Å²) in [7, 11) is -3.45. The first-order valence-corrected chi connectivity index (χ1v) is 11.4. The van der Waals surface area contributed by atoms with Crippen molar-refractivity contribution in [2.75, 3.05) is 32.8 Å². The number of hydrogen-bond acceptors (Lipinski definition) is 4. The number of nitrogens with zero attached hydrogens (tertiary/aromatic N) is 1. The van der Waals surface area contributed by atoms with Crippen LogP contribution in [0.4, 0.5) is 0 Å². The minimum atomic E-state index is -3.45. The second-order valence-corrected chi connectivity index (χ2v) is 9.18. The van der Waals surface area contributed by atoms with Crippen LogP contribution in [-0.4, -0.2) is 46.1 Å². The molecule has 28 heavy (non-hydrogen) atoms. The van der Waals surface area contributed by atoms with Crippen LogP contribution in [0.2, 0.25) is 0 Å². The van der Waals surface area contributed by atoms with E-state index in [1.165, 1.54) is 5.56 Å². The van der Waals surface area contributed by atoms with E-state index in [4.69, 9.17) is 4.74 Å². The fourth-order valence-electron chi connectivity index (χ4n) is 3.52. The molecule has 1 unspecified atom stereocenters. The van der Waals surface area contributed by atoms with Gasteiger partial charge < -0.3 is 4.74 Å². The first kappa shape index (κ1) is 21.0. The molecule has 0 bridgehead atoms. The van der Waals surface area contributed by atoms with Gasteiger partial charge in [0.25, 0.3) is 0 Å². The molecule has 1 saturated heterocycles. The van der Waals surface area contributed by atoms with Crippen LogP contribution in [0, 0.1) is 13.8 Å². The van der Waals surface area contributed by atoms with Crippen LogP contribution in [0.3, 0.4) is 0 Å². The van der Waals surface area contributed by atoms with E-state index in [-0.39, 0.29) is 6.10 Å².